The van der Waals surface area contributed by atoms with Crippen LogP contribution in [0.4, 0.5) is 0 Å². The standard InChI is InChI=1S/C12H20N2O2/c1-2-6-14-12(15)3-7-13-10-11-4-8-16-9-5-11/h1,11,13H,3-10H2,(H,14,15). The Bertz CT molecular complexity index is 242. The number of terminal acetylenes is 1. The first-order chi connectivity index (χ1) is 7.83. The number of nitrogens with one attached hydrogen (secondary N) is 2. The van der Waals surface area contributed by atoms with Crippen molar-refractivity contribution in [2.24, 2.45) is 5.92 Å². The molecular weight excluding hydrogens is 204 g/mol. The van der Waals surface area contributed by atoms with Crippen molar-refractivity contribution in [2.75, 3.05) is 32.8 Å². The Balaban J connectivity index is 1.94. The molecule has 1 heterocycles. The Morgan fingerprint density at radius 3 is 2.88 bits per heavy atom. The average Bonchev–Trinajstić information content (AvgIpc) is 2.33. The zero-order valence-electron chi connectivity index (χ0n) is 9.63. The molecule has 0 saturated carbocycles. The van der Waals surface area contributed by atoms with E-state index in [1.165, 1.54) is 0 Å². The van der Waals surface area contributed by atoms with E-state index >= 15 is 0 Å². The minimum Gasteiger partial charge on any atom is -0.381 e. The minimum atomic E-state index is 0.0115. The molecule has 0 spiro atoms. The van der Waals surface area contributed by atoms with Crippen molar-refractivity contribution in [3.05, 3.63) is 0 Å². The van der Waals surface area contributed by atoms with E-state index in [1.807, 2.05) is 0 Å². The summed E-state index contributed by atoms with van der Waals surface area (Å²) in [5.41, 5.74) is 0. The number of carbonyl (C=O) groups excluding carboxylic acids is 1. The molecule has 0 aliphatic carbocycles. The summed E-state index contributed by atoms with van der Waals surface area (Å²) < 4.78 is 5.28. The predicted molar refractivity (Wildman–Crippen MR) is 62.9 cm³/mol. The number of amides is 1. The van der Waals surface area contributed by atoms with Crippen LogP contribution in [0.1, 0.15) is 19.3 Å². The number of hydrogen-bond donors (Lipinski definition) is 2. The monoisotopic (exact) mass is 224 g/mol. The quantitative estimate of drug-likeness (QED) is 0.498. The average molecular weight is 224 g/mol. The zero-order valence-corrected chi connectivity index (χ0v) is 9.63. The van der Waals surface area contributed by atoms with Gasteiger partial charge in [-0.15, -0.1) is 6.42 Å². The van der Waals surface area contributed by atoms with E-state index < -0.39 is 0 Å². The van der Waals surface area contributed by atoms with Crippen LogP contribution >= 0.6 is 0 Å². The van der Waals surface area contributed by atoms with Crippen molar-refractivity contribution in [3.63, 3.8) is 0 Å². The van der Waals surface area contributed by atoms with Crippen molar-refractivity contribution < 1.29 is 9.53 Å². The third-order valence-corrected chi connectivity index (χ3v) is 2.69. The summed E-state index contributed by atoms with van der Waals surface area (Å²) in [5, 5.41) is 5.93. The van der Waals surface area contributed by atoms with Gasteiger partial charge in [0, 0.05) is 26.2 Å². The highest BCUT2D eigenvalue weighted by Gasteiger charge is 2.12. The van der Waals surface area contributed by atoms with Crippen LogP contribution in [0.3, 0.4) is 0 Å². The molecule has 0 radical (unpaired) electrons. The molecule has 4 heteroatoms. The lowest BCUT2D eigenvalue weighted by molar-refractivity contribution is -0.120. The normalized spacial score (nSPS) is 16.7. The lowest BCUT2D eigenvalue weighted by Gasteiger charge is -2.22. The highest BCUT2D eigenvalue weighted by Crippen LogP contribution is 2.12. The van der Waals surface area contributed by atoms with E-state index in [-0.39, 0.29) is 5.91 Å². The highest BCUT2D eigenvalue weighted by atomic mass is 16.5. The van der Waals surface area contributed by atoms with Gasteiger partial charge in [-0.1, -0.05) is 5.92 Å². The fourth-order valence-electron chi connectivity index (χ4n) is 1.70. The molecule has 2 N–H and O–H groups in total. The molecule has 16 heavy (non-hydrogen) atoms. The van der Waals surface area contributed by atoms with Crippen LogP contribution < -0.4 is 10.6 Å². The maximum atomic E-state index is 11.2. The Morgan fingerprint density at radius 2 is 2.19 bits per heavy atom. The molecule has 0 bridgehead atoms. The van der Waals surface area contributed by atoms with Crippen molar-refractivity contribution in [3.8, 4) is 12.3 Å². The second kappa shape index (κ2) is 8.14. The first-order valence-corrected chi connectivity index (χ1v) is 5.81. The highest BCUT2D eigenvalue weighted by molar-refractivity contribution is 5.76. The van der Waals surface area contributed by atoms with Crippen LogP contribution in [-0.2, 0) is 9.53 Å². The van der Waals surface area contributed by atoms with Gasteiger partial charge in [-0.2, -0.15) is 0 Å². The molecule has 0 aromatic heterocycles. The molecule has 0 aromatic carbocycles. The zero-order chi connectivity index (χ0) is 11.6. The smallest absolute Gasteiger partial charge is 0.222 e. The van der Waals surface area contributed by atoms with Crippen LogP contribution in [-0.4, -0.2) is 38.8 Å². The number of rotatable bonds is 6. The number of carbonyl (C=O) groups is 1. The third-order valence-electron chi connectivity index (χ3n) is 2.69. The van der Waals surface area contributed by atoms with E-state index in [9.17, 15) is 4.79 Å². The van der Waals surface area contributed by atoms with Crippen LogP contribution in [0.2, 0.25) is 0 Å². The fourth-order valence-corrected chi connectivity index (χ4v) is 1.70. The van der Waals surface area contributed by atoms with Gasteiger partial charge in [0.25, 0.3) is 0 Å². The lowest BCUT2D eigenvalue weighted by Crippen LogP contribution is -2.31. The summed E-state index contributed by atoms with van der Waals surface area (Å²) >= 11 is 0. The SMILES string of the molecule is C#CCNC(=O)CCNCC1CCOCC1. The molecule has 0 aromatic rings. The van der Waals surface area contributed by atoms with E-state index in [0.717, 1.165) is 32.6 Å². The molecule has 1 aliphatic rings. The molecule has 1 amide bonds. The summed E-state index contributed by atoms with van der Waals surface area (Å²) in [7, 11) is 0. The van der Waals surface area contributed by atoms with Crippen LogP contribution in [0, 0.1) is 18.3 Å². The molecule has 1 fully saturated rings. The predicted octanol–water partition coefficient (Wildman–Crippen LogP) is 0.142. The van der Waals surface area contributed by atoms with Gasteiger partial charge in [0.05, 0.1) is 6.54 Å². The van der Waals surface area contributed by atoms with Crippen molar-refractivity contribution in [1.82, 2.24) is 10.6 Å². The lowest BCUT2D eigenvalue weighted by atomic mass is 10.0. The van der Waals surface area contributed by atoms with Gasteiger partial charge in [0.1, 0.15) is 0 Å². The minimum absolute atomic E-state index is 0.0115. The first-order valence-electron chi connectivity index (χ1n) is 5.81. The Kier molecular flexibility index (Phi) is 6.62. The third kappa shape index (κ3) is 5.74. The Labute approximate surface area is 97.1 Å². The molecule has 90 valence electrons. The van der Waals surface area contributed by atoms with Gasteiger partial charge in [-0.05, 0) is 25.3 Å². The van der Waals surface area contributed by atoms with Crippen molar-refractivity contribution in [1.29, 1.82) is 0 Å². The second-order valence-corrected chi connectivity index (χ2v) is 3.99. The van der Waals surface area contributed by atoms with Gasteiger partial charge in [0.2, 0.25) is 5.91 Å². The molecule has 0 atom stereocenters. The summed E-state index contributed by atoms with van der Waals surface area (Å²) in [6.45, 7) is 3.75. The maximum absolute atomic E-state index is 11.2. The molecule has 0 unspecified atom stereocenters. The van der Waals surface area contributed by atoms with Crippen LogP contribution in [0.5, 0.6) is 0 Å². The molecular formula is C12H20N2O2. The summed E-state index contributed by atoms with van der Waals surface area (Å²) in [6.07, 6.45) is 7.77. The number of hydrogen-bond acceptors (Lipinski definition) is 3. The first kappa shape index (κ1) is 13.0. The van der Waals surface area contributed by atoms with Gasteiger partial charge in [0.15, 0.2) is 0 Å². The Hall–Kier alpha value is -1.05. The fraction of sp³-hybridized carbons (Fsp3) is 0.750. The Morgan fingerprint density at radius 1 is 1.44 bits per heavy atom. The molecule has 1 aliphatic heterocycles. The maximum Gasteiger partial charge on any atom is 0.222 e. The van der Waals surface area contributed by atoms with Crippen LogP contribution in [0.15, 0.2) is 0 Å². The molecule has 1 saturated heterocycles. The van der Waals surface area contributed by atoms with Crippen molar-refractivity contribution in [2.45, 2.75) is 19.3 Å². The molecule has 4 nitrogen and oxygen atoms in total. The van der Waals surface area contributed by atoms with Crippen LogP contribution in [0.25, 0.3) is 0 Å². The number of ether oxygens (including phenoxy) is 1. The van der Waals surface area contributed by atoms with E-state index in [4.69, 9.17) is 11.2 Å². The summed E-state index contributed by atoms with van der Waals surface area (Å²) in [5.74, 6) is 3.08. The molecule has 1 rings (SSSR count). The topological polar surface area (TPSA) is 50.4 Å². The summed E-state index contributed by atoms with van der Waals surface area (Å²) in [6, 6.07) is 0. The van der Waals surface area contributed by atoms with Crippen molar-refractivity contribution >= 4 is 5.91 Å². The van der Waals surface area contributed by atoms with E-state index in [1.54, 1.807) is 0 Å². The summed E-state index contributed by atoms with van der Waals surface area (Å²) in [4.78, 5) is 11.2. The van der Waals surface area contributed by atoms with Gasteiger partial charge < -0.3 is 15.4 Å². The van der Waals surface area contributed by atoms with E-state index in [2.05, 4.69) is 16.6 Å². The second-order valence-electron chi connectivity index (χ2n) is 3.99. The van der Waals surface area contributed by atoms with Gasteiger partial charge >= 0.3 is 0 Å². The van der Waals surface area contributed by atoms with Gasteiger partial charge in [-0.3, -0.25) is 4.79 Å². The van der Waals surface area contributed by atoms with E-state index in [0.29, 0.717) is 25.4 Å². The largest absolute Gasteiger partial charge is 0.381 e. The van der Waals surface area contributed by atoms with Gasteiger partial charge in [-0.25, -0.2) is 0 Å².